The van der Waals surface area contributed by atoms with Crippen molar-refractivity contribution in [2.24, 2.45) is 0 Å². The Labute approximate surface area is 159 Å². The molecule has 7 heteroatoms. The van der Waals surface area contributed by atoms with Crippen LogP contribution >= 0.6 is 22.9 Å². The van der Waals surface area contributed by atoms with Gasteiger partial charge >= 0.3 is 0 Å². The molecule has 0 N–H and O–H groups in total. The summed E-state index contributed by atoms with van der Waals surface area (Å²) in [5.74, 6) is -0.512. The Morgan fingerprint density at radius 1 is 1.31 bits per heavy atom. The number of benzene rings is 2. The summed E-state index contributed by atoms with van der Waals surface area (Å²) in [5, 5.41) is 3.05. The third kappa shape index (κ3) is 4.03. The first-order valence-electron chi connectivity index (χ1n) is 7.77. The van der Waals surface area contributed by atoms with Gasteiger partial charge in [0.2, 0.25) is 0 Å². The molecule has 1 heterocycles. The molecule has 0 aliphatic rings. The Balaban J connectivity index is 1.74. The molecule has 3 aromatic rings. The second kappa shape index (κ2) is 7.85. The number of methoxy groups -OCH3 is 1. The van der Waals surface area contributed by atoms with Crippen LogP contribution in [0.25, 0.3) is 10.6 Å². The van der Waals surface area contributed by atoms with E-state index in [4.69, 9.17) is 16.3 Å². The summed E-state index contributed by atoms with van der Waals surface area (Å²) in [7, 11) is 3.07. The van der Waals surface area contributed by atoms with E-state index in [0.29, 0.717) is 16.3 Å². The van der Waals surface area contributed by atoms with Crippen molar-refractivity contribution in [3.63, 3.8) is 0 Å². The smallest absolute Gasteiger partial charge is 0.273 e. The molecule has 0 bridgehead atoms. The number of aromatic nitrogens is 1. The molecule has 0 saturated carbocycles. The van der Waals surface area contributed by atoms with Crippen molar-refractivity contribution in [2.45, 2.75) is 6.54 Å². The molecular weight excluding hydrogens is 375 g/mol. The predicted molar refractivity (Wildman–Crippen MR) is 101 cm³/mol. The van der Waals surface area contributed by atoms with Crippen LogP contribution in [0.15, 0.2) is 47.8 Å². The highest BCUT2D eigenvalue weighted by Gasteiger charge is 2.17. The Morgan fingerprint density at radius 3 is 2.81 bits per heavy atom. The van der Waals surface area contributed by atoms with Crippen LogP contribution in [0.4, 0.5) is 4.39 Å². The van der Waals surface area contributed by atoms with Crippen molar-refractivity contribution in [1.82, 2.24) is 9.88 Å². The summed E-state index contributed by atoms with van der Waals surface area (Å²) in [4.78, 5) is 18.5. The van der Waals surface area contributed by atoms with Crippen LogP contribution in [0.5, 0.6) is 5.75 Å². The van der Waals surface area contributed by atoms with Crippen molar-refractivity contribution in [1.29, 1.82) is 0 Å². The number of ether oxygens (including phenoxy) is 1. The number of hydrogen-bond donors (Lipinski definition) is 0. The maximum absolute atomic E-state index is 13.8. The van der Waals surface area contributed by atoms with Crippen LogP contribution < -0.4 is 4.74 Å². The van der Waals surface area contributed by atoms with Crippen molar-refractivity contribution in [3.05, 3.63) is 69.9 Å². The van der Waals surface area contributed by atoms with Gasteiger partial charge in [0, 0.05) is 29.6 Å². The maximum atomic E-state index is 13.8. The molecule has 0 aliphatic carbocycles. The maximum Gasteiger partial charge on any atom is 0.273 e. The number of rotatable bonds is 5. The molecule has 0 unspecified atom stereocenters. The van der Waals surface area contributed by atoms with E-state index in [1.807, 2.05) is 12.1 Å². The average molecular weight is 391 g/mol. The van der Waals surface area contributed by atoms with E-state index < -0.39 is 5.82 Å². The molecule has 134 valence electrons. The SMILES string of the molecule is COc1ccc(CN(C)C(=O)c2csc(-c3cccc(Cl)c3)n2)cc1F. The lowest BCUT2D eigenvalue weighted by Crippen LogP contribution is -2.26. The lowest BCUT2D eigenvalue weighted by molar-refractivity contribution is 0.0780. The van der Waals surface area contributed by atoms with Crippen LogP contribution in [0.2, 0.25) is 5.02 Å². The third-order valence-electron chi connectivity index (χ3n) is 3.78. The van der Waals surface area contributed by atoms with Crippen LogP contribution in [0.3, 0.4) is 0 Å². The van der Waals surface area contributed by atoms with E-state index in [0.717, 1.165) is 10.6 Å². The van der Waals surface area contributed by atoms with Gasteiger partial charge in [-0.05, 0) is 29.8 Å². The number of carbonyl (C=O) groups excluding carboxylic acids is 1. The molecule has 26 heavy (non-hydrogen) atoms. The zero-order valence-electron chi connectivity index (χ0n) is 14.2. The van der Waals surface area contributed by atoms with Gasteiger partial charge in [-0.2, -0.15) is 0 Å². The summed E-state index contributed by atoms with van der Waals surface area (Å²) in [6, 6.07) is 12.0. The number of amides is 1. The summed E-state index contributed by atoms with van der Waals surface area (Å²) in [6.45, 7) is 0.268. The minimum absolute atomic E-state index is 0.174. The van der Waals surface area contributed by atoms with Crippen LogP contribution in [-0.2, 0) is 6.54 Å². The molecule has 0 aliphatic heterocycles. The molecule has 2 aromatic carbocycles. The molecule has 1 aromatic heterocycles. The number of carbonyl (C=O) groups is 1. The van der Waals surface area contributed by atoms with E-state index in [1.165, 1.54) is 29.4 Å². The summed E-state index contributed by atoms with van der Waals surface area (Å²) < 4.78 is 18.7. The Bertz CT molecular complexity index is 945. The Kier molecular flexibility index (Phi) is 5.54. The van der Waals surface area contributed by atoms with E-state index in [2.05, 4.69) is 4.98 Å². The number of hydrogen-bond acceptors (Lipinski definition) is 4. The van der Waals surface area contributed by atoms with Gasteiger partial charge in [0.25, 0.3) is 5.91 Å². The minimum atomic E-state index is -0.456. The second-order valence-electron chi connectivity index (χ2n) is 5.68. The first-order valence-corrected chi connectivity index (χ1v) is 9.03. The zero-order valence-corrected chi connectivity index (χ0v) is 15.8. The van der Waals surface area contributed by atoms with Crippen molar-refractivity contribution >= 4 is 28.8 Å². The van der Waals surface area contributed by atoms with E-state index in [9.17, 15) is 9.18 Å². The number of nitrogens with zero attached hydrogens (tertiary/aromatic N) is 2. The lowest BCUT2D eigenvalue weighted by Gasteiger charge is -2.16. The van der Waals surface area contributed by atoms with E-state index >= 15 is 0 Å². The predicted octanol–water partition coefficient (Wildman–Crippen LogP) is 4.88. The molecule has 3 rings (SSSR count). The Hall–Kier alpha value is -2.44. The lowest BCUT2D eigenvalue weighted by atomic mass is 10.2. The Morgan fingerprint density at radius 2 is 2.12 bits per heavy atom. The van der Waals surface area contributed by atoms with Gasteiger partial charge in [0.15, 0.2) is 11.6 Å². The van der Waals surface area contributed by atoms with Gasteiger partial charge < -0.3 is 9.64 Å². The molecule has 0 atom stereocenters. The third-order valence-corrected chi connectivity index (χ3v) is 4.90. The first kappa shape index (κ1) is 18.4. The highest BCUT2D eigenvalue weighted by Crippen LogP contribution is 2.26. The molecular formula is C19H16ClFN2O2S. The molecule has 4 nitrogen and oxygen atoms in total. The molecule has 0 radical (unpaired) electrons. The van der Waals surface area contributed by atoms with Gasteiger partial charge in [-0.15, -0.1) is 11.3 Å². The largest absolute Gasteiger partial charge is 0.494 e. The number of thiazole rings is 1. The fourth-order valence-corrected chi connectivity index (χ4v) is 3.46. The van der Waals surface area contributed by atoms with Crippen LogP contribution in [-0.4, -0.2) is 29.9 Å². The van der Waals surface area contributed by atoms with Gasteiger partial charge in [-0.3, -0.25) is 4.79 Å². The first-order chi connectivity index (χ1) is 12.5. The topological polar surface area (TPSA) is 42.4 Å². The summed E-state index contributed by atoms with van der Waals surface area (Å²) in [5.41, 5.74) is 1.88. The monoisotopic (exact) mass is 390 g/mol. The van der Waals surface area contributed by atoms with Gasteiger partial charge in [0.05, 0.1) is 7.11 Å². The van der Waals surface area contributed by atoms with Crippen LogP contribution in [0.1, 0.15) is 16.1 Å². The molecule has 0 spiro atoms. The number of halogens is 2. The fourth-order valence-electron chi connectivity index (χ4n) is 2.48. The standard InChI is InChI=1S/C19H16ClFN2O2S/c1-23(10-12-6-7-17(25-2)15(21)8-12)19(24)16-11-26-18(22-16)13-4-3-5-14(20)9-13/h3-9,11H,10H2,1-2H3. The van der Waals surface area contributed by atoms with Crippen molar-refractivity contribution < 1.29 is 13.9 Å². The molecule has 1 amide bonds. The molecule has 0 fully saturated rings. The highest BCUT2D eigenvalue weighted by molar-refractivity contribution is 7.13. The van der Waals surface area contributed by atoms with Gasteiger partial charge in [0.1, 0.15) is 10.7 Å². The van der Waals surface area contributed by atoms with E-state index in [1.54, 1.807) is 36.7 Å². The average Bonchev–Trinajstić information content (AvgIpc) is 3.11. The zero-order chi connectivity index (χ0) is 18.7. The molecule has 0 saturated heterocycles. The summed E-state index contributed by atoms with van der Waals surface area (Å²) >= 11 is 7.38. The van der Waals surface area contributed by atoms with E-state index in [-0.39, 0.29) is 18.2 Å². The minimum Gasteiger partial charge on any atom is -0.494 e. The van der Waals surface area contributed by atoms with Crippen LogP contribution in [0, 0.1) is 5.82 Å². The van der Waals surface area contributed by atoms with Gasteiger partial charge in [-0.1, -0.05) is 29.8 Å². The normalized spacial score (nSPS) is 10.6. The van der Waals surface area contributed by atoms with Crippen molar-refractivity contribution in [3.8, 4) is 16.3 Å². The second-order valence-corrected chi connectivity index (χ2v) is 6.97. The quantitative estimate of drug-likeness (QED) is 0.623. The summed E-state index contributed by atoms with van der Waals surface area (Å²) in [6.07, 6.45) is 0. The van der Waals surface area contributed by atoms with Crippen molar-refractivity contribution in [2.75, 3.05) is 14.2 Å². The fraction of sp³-hybridized carbons (Fsp3) is 0.158. The highest BCUT2D eigenvalue weighted by atomic mass is 35.5. The van der Waals surface area contributed by atoms with Gasteiger partial charge in [-0.25, -0.2) is 9.37 Å².